The van der Waals surface area contributed by atoms with Gasteiger partial charge in [0.2, 0.25) is 5.78 Å². The lowest BCUT2D eigenvalue weighted by atomic mass is 10.0. The zero-order chi connectivity index (χ0) is 17.3. The van der Waals surface area contributed by atoms with Crippen molar-refractivity contribution in [1.82, 2.24) is 0 Å². The second kappa shape index (κ2) is 6.49. The molecule has 1 aliphatic rings. The number of ketones is 2. The molecule has 0 aliphatic carbocycles. The average molecular weight is 343 g/mol. The molecule has 122 valence electrons. The maximum atomic E-state index is 12.6. The molecule has 2 aromatic carbocycles. The van der Waals surface area contributed by atoms with Crippen LogP contribution in [-0.2, 0) is 4.79 Å². The number of hydrogen-bond donors (Lipinski definition) is 0. The molecule has 1 heterocycles. The van der Waals surface area contributed by atoms with Crippen molar-refractivity contribution < 1.29 is 19.1 Å². The first-order chi connectivity index (χ1) is 11.5. The lowest BCUT2D eigenvalue weighted by Gasteiger charge is -2.07. The van der Waals surface area contributed by atoms with E-state index in [1.54, 1.807) is 31.2 Å². The second-order valence-corrected chi connectivity index (χ2v) is 5.97. The van der Waals surface area contributed by atoms with Crippen LogP contribution >= 0.6 is 11.6 Å². The summed E-state index contributed by atoms with van der Waals surface area (Å²) in [6.07, 6.45) is 1.63. The Labute approximate surface area is 144 Å². The monoisotopic (exact) mass is 342 g/mol. The van der Waals surface area contributed by atoms with Crippen LogP contribution in [0.3, 0.4) is 0 Å². The van der Waals surface area contributed by atoms with Gasteiger partial charge >= 0.3 is 0 Å². The first-order valence-corrected chi connectivity index (χ1v) is 7.79. The molecule has 0 unspecified atom stereocenters. The first-order valence-electron chi connectivity index (χ1n) is 7.41. The summed E-state index contributed by atoms with van der Waals surface area (Å²) in [5, 5.41) is 0.541. The molecule has 0 N–H and O–H groups in total. The molecule has 24 heavy (non-hydrogen) atoms. The van der Waals surface area contributed by atoms with Crippen LogP contribution in [0.2, 0.25) is 5.02 Å². The predicted molar refractivity (Wildman–Crippen MR) is 91.7 cm³/mol. The van der Waals surface area contributed by atoms with Gasteiger partial charge in [-0.15, -0.1) is 0 Å². The van der Waals surface area contributed by atoms with E-state index in [1.807, 2.05) is 18.2 Å². The minimum atomic E-state index is -0.194. The van der Waals surface area contributed by atoms with Crippen molar-refractivity contribution >= 4 is 29.2 Å². The van der Waals surface area contributed by atoms with Crippen LogP contribution in [0.5, 0.6) is 11.5 Å². The van der Waals surface area contributed by atoms with E-state index in [4.69, 9.17) is 21.1 Å². The fraction of sp³-hybridized carbons (Fsp3) is 0.158. The molecule has 0 saturated carbocycles. The Bertz CT molecular complexity index is 868. The molecule has 0 bridgehead atoms. The highest BCUT2D eigenvalue weighted by Gasteiger charge is 2.30. The van der Waals surface area contributed by atoms with E-state index < -0.39 is 0 Å². The van der Waals surface area contributed by atoms with Gasteiger partial charge < -0.3 is 9.47 Å². The standard InChI is InChI=1S/C19H15ClO4/c1-11-7-14(23-10-12(2)21)9-16-18(11)19(22)17(24-16)8-13-5-3-4-6-15(13)20/h3-9H,10H2,1-2H3/b17-8-. The molecule has 0 atom stereocenters. The van der Waals surface area contributed by atoms with Gasteiger partial charge in [0.05, 0.1) is 5.56 Å². The number of aryl methyl sites for hydroxylation is 1. The van der Waals surface area contributed by atoms with Gasteiger partial charge in [-0.3, -0.25) is 9.59 Å². The number of benzene rings is 2. The number of rotatable bonds is 4. The van der Waals surface area contributed by atoms with Crippen LogP contribution in [0.1, 0.15) is 28.4 Å². The molecule has 3 rings (SSSR count). The largest absolute Gasteiger partial charge is 0.486 e. The van der Waals surface area contributed by atoms with Crippen LogP contribution in [0, 0.1) is 6.92 Å². The predicted octanol–water partition coefficient (Wildman–Crippen LogP) is 4.23. The zero-order valence-electron chi connectivity index (χ0n) is 13.3. The SMILES string of the molecule is CC(=O)COc1cc(C)c2c(c1)O/C(=C\c1ccccc1Cl)C2=O. The van der Waals surface area contributed by atoms with E-state index in [9.17, 15) is 9.59 Å². The van der Waals surface area contributed by atoms with Crippen molar-refractivity contribution in [3.8, 4) is 11.5 Å². The van der Waals surface area contributed by atoms with Crippen molar-refractivity contribution in [1.29, 1.82) is 0 Å². The van der Waals surface area contributed by atoms with Crippen molar-refractivity contribution in [2.24, 2.45) is 0 Å². The highest BCUT2D eigenvalue weighted by Crippen LogP contribution is 2.37. The summed E-state index contributed by atoms with van der Waals surface area (Å²) in [6.45, 7) is 3.23. The van der Waals surface area contributed by atoms with E-state index in [0.29, 0.717) is 27.6 Å². The Balaban J connectivity index is 1.94. The second-order valence-electron chi connectivity index (χ2n) is 5.57. The average Bonchev–Trinajstić information content (AvgIpc) is 2.84. The van der Waals surface area contributed by atoms with Gasteiger partial charge in [0.1, 0.15) is 18.1 Å². The number of allylic oxidation sites excluding steroid dienone is 1. The molecule has 1 aliphatic heterocycles. The van der Waals surface area contributed by atoms with E-state index in [2.05, 4.69) is 0 Å². The maximum absolute atomic E-state index is 12.6. The molecular formula is C19H15ClO4. The summed E-state index contributed by atoms with van der Waals surface area (Å²) >= 11 is 6.13. The maximum Gasteiger partial charge on any atom is 0.232 e. The summed E-state index contributed by atoms with van der Waals surface area (Å²) in [5.74, 6) is 0.861. The summed E-state index contributed by atoms with van der Waals surface area (Å²) < 4.78 is 11.1. The number of carbonyl (C=O) groups is 2. The molecule has 0 aromatic heterocycles. The van der Waals surface area contributed by atoms with Crippen LogP contribution in [0.25, 0.3) is 6.08 Å². The summed E-state index contributed by atoms with van der Waals surface area (Å²) in [7, 11) is 0. The third kappa shape index (κ3) is 3.19. The summed E-state index contributed by atoms with van der Waals surface area (Å²) in [4.78, 5) is 23.6. The fourth-order valence-corrected chi connectivity index (χ4v) is 2.67. The molecule has 0 radical (unpaired) electrons. The van der Waals surface area contributed by atoms with Crippen LogP contribution in [0.4, 0.5) is 0 Å². The van der Waals surface area contributed by atoms with E-state index in [0.717, 1.165) is 5.56 Å². The molecule has 0 amide bonds. The molecule has 5 heteroatoms. The molecule has 2 aromatic rings. The van der Waals surface area contributed by atoms with Gasteiger partial charge in [0.15, 0.2) is 11.5 Å². The number of Topliss-reactive ketones (excluding diaryl/α,β-unsaturated/α-hetero) is 2. The number of carbonyl (C=O) groups excluding carboxylic acids is 2. The van der Waals surface area contributed by atoms with Crippen LogP contribution < -0.4 is 9.47 Å². The van der Waals surface area contributed by atoms with Gasteiger partial charge in [0.25, 0.3) is 0 Å². The lowest BCUT2D eigenvalue weighted by molar-refractivity contribution is -0.118. The molecule has 0 fully saturated rings. The quantitative estimate of drug-likeness (QED) is 0.780. The third-order valence-electron chi connectivity index (χ3n) is 3.58. The Morgan fingerprint density at radius 3 is 2.75 bits per heavy atom. The Hall–Kier alpha value is -2.59. The minimum Gasteiger partial charge on any atom is -0.486 e. The molecular weight excluding hydrogens is 328 g/mol. The van der Waals surface area contributed by atoms with Crippen molar-refractivity contribution in [3.63, 3.8) is 0 Å². The Morgan fingerprint density at radius 1 is 1.29 bits per heavy atom. The van der Waals surface area contributed by atoms with Gasteiger partial charge in [-0.05, 0) is 43.2 Å². The van der Waals surface area contributed by atoms with E-state index in [1.165, 1.54) is 6.92 Å². The Kier molecular flexibility index (Phi) is 4.40. The first kappa shape index (κ1) is 16.3. The van der Waals surface area contributed by atoms with Gasteiger partial charge in [-0.1, -0.05) is 29.8 Å². The Morgan fingerprint density at radius 2 is 2.04 bits per heavy atom. The van der Waals surface area contributed by atoms with Crippen molar-refractivity contribution in [2.75, 3.05) is 6.61 Å². The summed E-state index contributed by atoms with van der Waals surface area (Å²) in [5.41, 5.74) is 1.95. The summed E-state index contributed by atoms with van der Waals surface area (Å²) in [6, 6.07) is 10.6. The minimum absolute atomic E-state index is 0.0194. The topological polar surface area (TPSA) is 52.6 Å². The van der Waals surface area contributed by atoms with Gasteiger partial charge in [0, 0.05) is 11.1 Å². The molecule has 4 nitrogen and oxygen atoms in total. The normalized spacial score (nSPS) is 14.5. The van der Waals surface area contributed by atoms with Crippen molar-refractivity contribution in [3.05, 3.63) is 63.9 Å². The highest BCUT2D eigenvalue weighted by molar-refractivity contribution is 6.32. The number of fused-ring (bicyclic) bond motifs is 1. The number of halogens is 1. The fourth-order valence-electron chi connectivity index (χ4n) is 2.48. The smallest absolute Gasteiger partial charge is 0.232 e. The highest BCUT2D eigenvalue weighted by atomic mass is 35.5. The lowest BCUT2D eigenvalue weighted by Crippen LogP contribution is -2.06. The van der Waals surface area contributed by atoms with E-state index in [-0.39, 0.29) is 23.9 Å². The zero-order valence-corrected chi connectivity index (χ0v) is 14.0. The van der Waals surface area contributed by atoms with Gasteiger partial charge in [-0.2, -0.15) is 0 Å². The number of ether oxygens (including phenoxy) is 2. The van der Waals surface area contributed by atoms with Crippen LogP contribution in [0.15, 0.2) is 42.2 Å². The number of hydrogen-bond acceptors (Lipinski definition) is 4. The van der Waals surface area contributed by atoms with Gasteiger partial charge in [-0.25, -0.2) is 0 Å². The molecule has 0 saturated heterocycles. The van der Waals surface area contributed by atoms with Crippen LogP contribution in [-0.4, -0.2) is 18.2 Å². The van der Waals surface area contributed by atoms with E-state index >= 15 is 0 Å². The van der Waals surface area contributed by atoms with Crippen molar-refractivity contribution in [2.45, 2.75) is 13.8 Å². The molecule has 0 spiro atoms. The third-order valence-corrected chi connectivity index (χ3v) is 3.92.